The third kappa shape index (κ3) is 5.40. The Bertz CT molecular complexity index is 1020. The van der Waals surface area contributed by atoms with Crippen molar-refractivity contribution >= 4 is 15.9 Å². The summed E-state index contributed by atoms with van der Waals surface area (Å²) < 4.78 is 68.5. The lowest BCUT2D eigenvalue weighted by atomic mass is 9.95. The van der Waals surface area contributed by atoms with E-state index in [9.17, 15) is 26.4 Å². The Labute approximate surface area is 173 Å². The number of carbonyl (C=O) groups is 1. The molecule has 0 aromatic heterocycles. The predicted octanol–water partition coefficient (Wildman–Crippen LogP) is 3.24. The van der Waals surface area contributed by atoms with Crippen molar-refractivity contribution in [1.82, 2.24) is 9.62 Å². The van der Waals surface area contributed by atoms with Gasteiger partial charge in [-0.2, -0.15) is 0 Å². The van der Waals surface area contributed by atoms with E-state index in [2.05, 4.69) is 4.72 Å². The molecule has 0 bridgehead atoms. The Hall–Kier alpha value is -2.39. The van der Waals surface area contributed by atoms with E-state index in [1.165, 1.54) is 18.2 Å². The van der Waals surface area contributed by atoms with Crippen molar-refractivity contribution in [1.29, 1.82) is 0 Å². The molecule has 162 valence electrons. The molecule has 1 N–H and O–H groups in total. The van der Waals surface area contributed by atoms with Gasteiger partial charge >= 0.3 is 0 Å². The quantitative estimate of drug-likeness (QED) is 0.776. The lowest BCUT2D eigenvalue weighted by Crippen LogP contribution is -2.36. The number of carbonyl (C=O) groups excluding carboxylic acids is 1. The molecule has 1 saturated heterocycles. The number of nitrogens with zero attached hydrogens (tertiary/aromatic N) is 1. The Morgan fingerprint density at radius 2 is 1.60 bits per heavy atom. The van der Waals surface area contributed by atoms with Crippen molar-refractivity contribution in [2.24, 2.45) is 0 Å². The number of sulfonamides is 1. The maximum atomic E-state index is 14.5. The topological polar surface area (TPSA) is 66.5 Å². The van der Waals surface area contributed by atoms with E-state index < -0.39 is 33.0 Å². The third-order valence-corrected chi connectivity index (χ3v) is 5.88. The van der Waals surface area contributed by atoms with Crippen LogP contribution >= 0.6 is 0 Å². The van der Waals surface area contributed by atoms with Crippen LogP contribution in [-0.4, -0.2) is 44.6 Å². The van der Waals surface area contributed by atoms with E-state index in [1.807, 2.05) is 0 Å². The summed E-state index contributed by atoms with van der Waals surface area (Å²) in [4.78, 5) is 14.4. The molecule has 0 radical (unpaired) electrons. The van der Waals surface area contributed by atoms with Gasteiger partial charge in [0, 0.05) is 24.7 Å². The zero-order chi connectivity index (χ0) is 21.9. The fourth-order valence-corrected chi connectivity index (χ4v) is 4.62. The van der Waals surface area contributed by atoms with Crippen LogP contribution < -0.4 is 4.72 Å². The smallest absolute Gasteiger partial charge is 0.227 e. The van der Waals surface area contributed by atoms with Crippen LogP contribution in [0.2, 0.25) is 0 Å². The molecule has 1 unspecified atom stereocenters. The van der Waals surface area contributed by atoms with Gasteiger partial charge in [-0.1, -0.05) is 18.2 Å². The molecule has 1 atom stereocenters. The number of hydrogen-bond donors (Lipinski definition) is 1. The van der Waals surface area contributed by atoms with Crippen LogP contribution in [0.15, 0.2) is 36.4 Å². The summed E-state index contributed by atoms with van der Waals surface area (Å²) >= 11 is 0. The second-order valence-corrected chi connectivity index (χ2v) is 9.23. The molecule has 0 saturated carbocycles. The van der Waals surface area contributed by atoms with Crippen LogP contribution in [0.3, 0.4) is 0 Å². The summed E-state index contributed by atoms with van der Waals surface area (Å²) in [5.41, 5.74) is -0.557. The van der Waals surface area contributed by atoms with Gasteiger partial charge in [-0.25, -0.2) is 26.3 Å². The first-order chi connectivity index (χ1) is 14.2. The monoisotopic (exact) mass is 440 g/mol. The van der Waals surface area contributed by atoms with Gasteiger partial charge in [0.2, 0.25) is 15.9 Å². The van der Waals surface area contributed by atoms with Crippen molar-refractivity contribution in [2.75, 3.05) is 19.3 Å². The molecule has 0 spiro atoms. The highest BCUT2D eigenvalue weighted by Gasteiger charge is 2.25. The third-order valence-electron chi connectivity index (χ3n) is 5.12. The van der Waals surface area contributed by atoms with Crippen LogP contribution in [-0.2, 0) is 21.2 Å². The Kier molecular flexibility index (Phi) is 6.82. The van der Waals surface area contributed by atoms with Gasteiger partial charge in [-0.3, -0.25) is 4.79 Å². The molecule has 0 aliphatic carbocycles. The maximum absolute atomic E-state index is 14.5. The first-order valence-electron chi connectivity index (χ1n) is 9.62. The van der Waals surface area contributed by atoms with Crippen LogP contribution in [0.5, 0.6) is 0 Å². The molecule has 1 aliphatic heterocycles. The van der Waals surface area contributed by atoms with Crippen LogP contribution in [0, 0.1) is 17.5 Å². The molecular formula is C21H23F3N2O3S. The standard InChI is InChI=1S/C21H23F3N2O3S/c1-30(28,29)25-15-6-4-11-26(12-10-15)19(27)13-14-5-2-7-16(22)20(14)21-17(23)8-3-9-18(21)24/h2-3,5,7-9,15,25H,4,6,10-13H2,1H3. The normalized spacial score (nSPS) is 17.6. The number of likely N-dealkylation sites (tertiary alicyclic amines) is 1. The number of hydrogen-bond acceptors (Lipinski definition) is 3. The van der Waals surface area contributed by atoms with Gasteiger partial charge in [0.05, 0.1) is 18.2 Å². The van der Waals surface area contributed by atoms with Gasteiger partial charge < -0.3 is 4.90 Å². The second kappa shape index (κ2) is 9.18. The summed E-state index contributed by atoms with van der Waals surface area (Å²) in [5, 5.41) is 0. The molecule has 2 aromatic rings. The summed E-state index contributed by atoms with van der Waals surface area (Å²) in [6.45, 7) is 0.768. The Balaban J connectivity index is 1.80. The van der Waals surface area contributed by atoms with Crippen molar-refractivity contribution in [2.45, 2.75) is 31.7 Å². The average Bonchev–Trinajstić information content (AvgIpc) is 2.87. The SMILES string of the molecule is CS(=O)(=O)NC1CCCN(C(=O)Cc2cccc(F)c2-c2c(F)cccc2F)CC1. The average molecular weight is 440 g/mol. The molecule has 3 rings (SSSR count). The molecule has 5 nitrogen and oxygen atoms in total. The van der Waals surface area contributed by atoms with E-state index >= 15 is 0 Å². The number of amides is 1. The highest BCUT2D eigenvalue weighted by molar-refractivity contribution is 7.88. The number of benzene rings is 2. The minimum Gasteiger partial charge on any atom is -0.342 e. The van der Waals surface area contributed by atoms with Gasteiger partial charge in [0.25, 0.3) is 0 Å². The number of halogens is 3. The van der Waals surface area contributed by atoms with E-state index in [-0.39, 0.29) is 29.5 Å². The van der Waals surface area contributed by atoms with Gasteiger partial charge in [0.1, 0.15) is 17.5 Å². The van der Waals surface area contributed by atoms with Gasteiger partial charge in [0.15, 0.2) is 0 Å². The van der Waals surface area contributed by atoms with Crippen molar-refractivity contribution in [3.63, 3.8) is 0 Å². The summed E-state index contributed by atoms with van der Waals surface area (Å²) in [6, 6.07) is 7.00. The van der Waals surface area contributed by atoms with Crippen LogP contribution in [0.4, 0.5) is 13.2 Å². The van der Waals surface area contributed by atoms with E-state index in [0.29, 0.717) is 32.4 Å². The zero-order valence-electron chi connectivity index (χ0n) is 16.5. The van der Waals surface area contributed by atoms with Crippen LogP contribution in [0.1, 0.15) is 24.8 Å². The van der Waals surface area contributed by atoms with E-state index in [1.54, 1.807) is 4.90 Å². The zero-order valence-corrected chi connectivity index (χ0v) is 17.3. The summed E-state index contributed by atoms with van der Waals surface area (Å²) in [7, 11) is -3.34. The molecule has 1 aliphatic rings. The first-order valence-corrected chi connectivity index (χ1v) is 11.5. The summed E-state index contributed by atoms with van der Waals surface area (Å²) in [5.74, 6) is -2.92. The molecule has 30 heavy (non-hydrogen) atoms. The van der Waals surface area contributed by atoms with Crippen molar-refractivity contribution in [3.8, 4) is 11.1 Å². The minimum atomic E-state index is -3.34. The lowest BCUT2D eigenvalue weighted by molar-refractivity contribution is -0.130. The van der Waals surface area contributed by atoms with Crippen molar-refractivity contribution < 1.29 is 26.4 Å². The highest BCUT2D eigenvalue weighted by Crippen LogP contribution is 2.32. The minimum absolute atomic E-state index is 0.194. The largest absolute Gasteiger partial charge is 0.342 e. The van der Waals surface area contributed by atoms with Crippen LogP contribution in [0.25, 0.3) is 11.1 Å². The molecule has 1 fully saturated rings. The van der Waals surface area contributed by atoms with E-state index in [4.69, 9.17) is 0 Å². The first kappa shape index (κ1) is 22.3. The maximum Gasteiger partial charge on any atom is 0.227 e. The molecule has 2 aromatic carbocycles. The molecule has 1 amide bonds. The molecule has 9 heteroatoms. The predicted molar refractivity (Wildman–Crippen MR) is 108 cm³/mol. The summed E-state index contributed by atoms with van der Waals surface area (Å²) in [6.07, 6.45) is 2.54. The molecule has 1 heterocycles. The number of nitrogens with one attached hydrogen (secondary N) is 1. The highest BCUT2D eigenvalue weighted by atomic mass is 32.2. The van der Waals surface area contributed by atoms with E-state index in [0.717, 1.165) is 24.5 Å². The lowest BCUT2D eigenvalue weighted by Gasteiger charge is -2.22. The van der Waals surface area contributed by atoms with Crippen molar-refractivity contribution in [3.05, 3.63) is 59.4 Å². The van der Waals surface area contributed by atoms with Gasteiger partial charge in [-0.05, 0) is 43.0 Å². The van der Waals surface area contributed by atoms with Gasteiger partial charge in [-0.15, -0.1) is 0 Å². The molecular weight excluding hydrogens is 417 g/mol. The Morgan fingerprint density at radius 1 is 1.00 bits per heavy atom. The second-order valence-electron chi connectivity index (χ2n) is 7.45. The number of rotatable bonds is 5. The Morgan fingerprint density at radius 3 is 2.23 bits per heavy atom. The fraction of sp³-hybridized carbons (Fsp3) is 0.381. The fourth-order valence-electron chi connectivity index (χ4n) is 3.77.